The highest BCUT2D eigenvalue weighted by atomic mass is 79.9. The zero-order valence-corrected chi connectivity index (χ0v) is 8.34. The van der Waals surface area contributed by atoms with Crippen LogP contribution >= 0.6 is 27.3 Å². The van der Waals surface area contributed by atoms with Gasteiger partial charge in [0.05, 0.1) is 0 Å². The van der Waals surface area contributed by atoms with Gasteiger partial charge in [0.15, 0.2) is 5.01 Å². The summed E-state index contributed by atoms with van der Waals surface area (Å²) in [7, 11) is 0. The van der Waals surface area contributed by atoms with Crippen LogP contribution in [0.4, 0.5) is 0 Å². The Hall–Kier alpha value is -0.810. The van der Waals surface area contributed by atoms with Gasteiger partial charge < -0.3 is 0 Å². The Morgan fingerprint density at radius 2 is 2.33 bits per heavy atom. The molecule has 0 N–H and O–H groups in total. The standard InChI is InChI=1S/C7H4BrN3S/c8-5-2-1-3-9-6(5)7-11-10-4-12-7/h1-4H. The fraction of sp³-hybridized carbons (Fsp3) is 0. The number of nitrogens with zero attached hydrogens (tertiary/aromatic N) is 3. The molecule has 0 amide bonds. The van der Waals surface area contributed by atoms with Crippen LogP contribution in [0.1, 0.15) is 0 Å². The van der Waals surface area contributed by atoms with Gasteiger partial charge in [-0.1, -0.05) is 11.3 Å². The van der Waals surface area contributed by atoms with Gasteiger partial charge in [0.25, 0.3) is 0 Å². The molecule has 2 heterocycles. The Morgan fingerprint density at radius 3 is 3.00 bits per heavy atom. The number of rotatable bonds is 1. The molecule has 0 spiro atoms. The molecule has 0 aliphatic carbocycles. The molecule has 0 saturated heterocycles. The molecule has 5 heteroatoms. The highest BCUT2D eigenvalue weighted by Crippen LogP contribution is 2.25. The minimum Gasteiger partial charge on any atom is -0.252 e. The van der Waals surface area contributed by atoms with Gasteiger partial charge in [0, 0.05) is 10.7 Å². The summed E-state index contributed by atoms with van der Waals surface area (Å²) in [6, 6.07) is 3.80. The smallest absolute Gasteiger partial charge is 0.167 e. The lowest BCUT2D eigenvalue weighted by molar-refractivity contribution is 1.08. The molecule has 2 rings (SSSR count). The van der Waals surface area contributed by atoms with Crippen molar-refractivity contribution in [2.75, 3.05) is 0 Å². The van der Waals surface area contributed by atoms with E-state index in [0.29, 0.717) is 0 Å². The van der Waals surface area contributed by atoms with Gasteiger partial charge >= 0.3 is 0 Å². The monoisotopic (exact) mass is 241 g/mol. The minimum atomic E-state index is 0.836. The molecule has 0 aliphatic rings. The lowest BCUT2D eigenvalue weighted by Gasteiger charge is -1.95. The lowest BCUT2D eigenvalue weighted by atomic mass is 10.4. The van der Waals surface area contributed by atoms with E-state index in [-0.39, 0.29) is 0 Å². The summed E-state index contributed by atoms with van der Waals surface area (Å²) >= 11 is 4.87. The molecule has 2 aromatic heterocycles. The molecule has 0 aromatic carbocycles. The minimum absolute atomic E-state index is 0.836. The molecule has 0 radical (unpaired) electrons. The van der Waals surface area contributed by atoms with Crippen LogP contribution in [0.5, 0.6) is 0 Å². The van der Waals surface area contributed by atoms with Crippen molar-refractivity contribution in [1.29, 1.82) is 0 Å². The first-order valence-corrected chi connectivity index (χ1v) is 4.92. The SMILES string of the molecule is Brc1cccnc1-c1nncs1. The predicted octanol–water partition coefficient (Wildman–Crippen LogP) is 2.36. The Balaban J connectivity index is 2.55. The van der Waals surface area contributed by atoms with E-state index in [1.54, 1.807) is 11.7 Å². The third-order valence-electron chi connectivity index (χ3n) is 1.32. The van der Waals surface area contributed by atoms with Crippen LogP contribution in [0, 0.1) is 0 Å². The largest absolute Gasteiger partial charge is 0.252 e. The zero-order valence-electron chi connectivity index (χ0n) is 5.94. The molecule has 60 valence electrons. The van der Waals surface area contributed by atoms with E-state index in [1.165, 1.54) is 11.3 Å². The van der Waals surface area contributed by atoms with Crippen LogP contribution in [-0.4, -0.2) is 15.2 Å². The Labute approximate surface area is 81.6 Å². The van der Waals surface area contributed by atoms with Crippen molar-refractivity contribution in [3.05, 3.63) is 28.3 Å². The Bertz CT molecular complexity index is 374. The summed E-state index contributed by atoms with van der Waals surface area (Å²) in [4.78, 5) is 4.18. The summed E-state index contributed by atoms with van der Waals surface area (Å²) in [5, 5.41) is 8.51. The van der Waals surface area contributed by atoms with E-state index in [0.717, 1.165) is 15.2 Å². The Kier molecular flexibility index (Phi) is 2.14. The lowest BCUT2D eigenvalue weighted by Crippen LogP contribution is -1.82. The molecular formula is C7H4BrN3S. The summed E-state index contributed by atoms with van der Waals surface area (Å²) in [5.74, 6) is 0. The van der Waals surface area contributed by atoms with Crippen molar-refractivity contribution in [2.24, 2.45) is 0 Å². The first-order chi connectivity index (χ1) is 5.88. The molecule has 12 heavy (non-hydrogen) atoms. The van der Waals surface area contributed by atoms with Crippen LogP contribution in [0.25, 0.3) is 10.7 Å². The molecular weight excluding hydrogens is 238 g/mol. The van der Waals surface area contributed by atoms with Gasteiger partial charge in [-0.15, -0.1) is 10.2 Å². The molecule has 0 atom stereocenters. The van der Waals surface area contributed by atoms with Crippen molar-refractivity contribution in [2.45, 2.75) is 0 Å². The topological polar surface area (TPSA) is 38.7 Å². The number of hydrogen-bond acceptors (Lipinski definition) is 4. The van der Waals surface area contributed by atoms with Gasteiger partial charge in [-0.05, 0) is 28.1 Å². The van der Waals surface area contributed by atoms with Crippen molar-refractivity contribution in [1.82, 2.24) is 15.2 Å². The van der Waals surface area contributed by atoms with Crippen LogP contribution < -0.4 is 0 Å². The number of aromatic nitrogens is 3. The number of pyridine rings is 1. The molecule has 0 fully saturated rings. The van der Waals surface area contributed by atoms with E-state index in [9.17, 15) is 0 Å². The van der Waals surface area contributed by atoms with Gasteiger partial charge in [0.1, 0.15) is 11.2 Å². The molecule has 3 nitrogen and oxygen atoms in total. The second kappa shape index (κ2) is 3.28. The normalized spacial score (nSPS) is 10.1. The van der Waals surface area contributed by atoms with E-state index in [2.05, 4.69) is 31.1 Å². The zero-order chi connectivity index (χ0) is 8.39. The van der Waals surface area contributed by atoms with Crippen LogP contribution in [0.2, 0.25) is 0 Å². The maximum absolute atomic E-state index is 4.18. The van der Waals surface area contributed by atoms with Gasteiger partial charge in [-0.25, -0.2) is 0 Å². The maximum atomic E-state index is 4.18. The van der Waals surface area contributed by atoms with Crippen molar-refractivity contribution in [3.63, 3.8) is 0 Å². The summed E-state index contributed by atoms with van der Waals surface area (Å²) < 4.78 is 0.946. The van der Waals surface area contributed by atoms with Crippen LogP contribution in [0.15, 0.2) is 28.3 Å². The molecule has 0 bridgehead atoms. The fourth-order valence-corrected chi connectivity index (χ4v) is 1.96. The third-order valence-corrected chi connectivity index (χ3v) is 2.66. The predicted molar refractivity (Wildman–Crippen MR) is 50.8 cm³/mol. The average Bonchev–Trinajstić information content (AvgIpc) is 2.57. The summed E-state index contributed by atoms with van der Waals surface area (Å²) in [5.41, 5.74) is 2.54. The van der Waals surface area contributed by atoms with E-state index < -0.39 is 0 Å². The first-order valence-electron chi connectivity index (χ1n) is 3.25. The van der Waals surface area contributed by atoms with E-state index in [1.807, 2.05) is 12.1 Å². The van der Waals surface area contributed by atoms with Crippen molar-refractivity contribution in [3.8, 4) is 10.7 Å². The van der Waals surface area contributed by atoms with Crippen LogP contribution in [-0.2, 0) is 0 Å². The van der Waals surface area contributed by atoms with Crippen LogP contribution in [0.3, 0.4) is 0 Å². The third kappa shape index (κ3) is 1.37. The highest BCUT2D eigenvalue weighted by Gasteiger charge is 2.05. The summed E-state index contributed by atoms with van der Waals surface area (Å²) in [6.45, 7) is 0. The number of halogens is 1. The highest BCUT2D eigenvalue weighted by molar-refractivity contribution is 9.10. The van der Waals surface area contributed by atoms with Crippen molar-refractivity contribution < 1.29 is 0 Å². The number of hydrogen-bond donors (Lipinski definition) is 0. The quantitative estimate of drug-likeness (QED) is 0.770. The van der Waals surface area contributed by atoms with E-state index in [4.69, 9.17) is 0 Å². The average molecular weight is 242 g/mol. The molecule has 0 unspecified atom stereocenters. The van der Waals surface area contributed by atoms with Gasteiger partial charge in [-0.3, -0.25) is 4.98 Å². The second-order valence-electron chi connectivity index (χ2n) is 2.08. The molecule has 2 aromatic rings. The van der Waals surface area contributed by atoms with Crippen molar-refractivity contribution >= 4 is 27.3 Å². The second-order valence-corrected chi connectivity index (χ2v) is 3.77. The first kappa shape index (κ1) is 7.82. The van der Waals surface area contributed by atoms with E-state index >= 15 is 0 Å². The molecule has 0 saturated carbocycles. The Morgan fingerprint density at radius 1 is 1.42 bits per heavy atom. The maximum Gasteiger partial charge on any atom is 0.167 e. The fourth-order valence-electron chi connectivity index (χ4n) is 0.819. The molecule has 0 aliphatic heterocycles. The van der Waals surface area contributed by atoms with Gasteiger partial charge in [0.2, 0.25) is 0 Å². The van der Waals surface area contributed by atoms with Gasteiger partial charge in [-0.2, -0.15) is 0 Å². The summed E-state index contributed by atoms with van der Waals surface area (Å²) in [6.07, 6.45) is 1.74.